The Kier molecular flexibility index (Phi) is 3.79. The van der Waals surface area contributed by atoms with E-state index in [9.17, 15) is 4.79 Å². The maximum Gasteiger partial charge on any atom is 0.254 e. The summed E-state index contributed by atoms with van der Waals surface area (Å²) in [6.45, 7) is 6.52. The second-order valence-corrected chi connectivity index (χ2v) is 6.26. The SMILES string of the molecule is Cc1ccc(C(=O)N2CC[C@@H](OCC3CC3)C2)c(C)c1. The fourth-order valence-corrected chi connectivity index (χ4v) is 2.83. The predicted molar refractivity (Wildman–Crippen MR) is 78.9 cm³/mol. The van der Waals surface area contributed by atoms with Crippen LogP contribution in [-0.2, 0) is 4.74 Å². The third-order valence-electron chi connectivity index (χ3n) is 4.31. The third-order valence-corrected chi connectivity index (χ3v) is 4.31. The van der Waals surface area contributed by atoms with E-state index in [1.807, 2.05) is 24.0 Å². The molecule has 0 radical (unpaired) electrons. The topological polar surface area (TPSA) is 29.5 Å². The number of likely N-dealkylation sites (tertiary alicyclic amines) is 1. The van der Waals surface area contributed by atoms with Crippen LogP contribution in [0, 0.1) is 19.8 Å². The van der Waals surface area contributed by atoms with Crippen molar-refractivity contribution in [3.8, 4) is 0 Å². The van der Waals surface area contributed by atoms with E-state index >= 15 is 0 Å². The zero-order chi connectivity index (χ0) is 14.1. The maximum absolute atomic E-state index is 12.5. The summed E-state index contributed by atoms with van der Waals surface area (Å²) in [7, 11) is 0. The summed E-state index contributed by atoms with van der Waals surface area (Å²) in [6, 6.07) is 6.03. The molecule has 0 unspecified atom stereocenters. The van der Waals surface area contributed by atoms with E-state index in [0.29, 0.717) is 0 Å². The van der Waals surface area contributed by atoms with E-state index in [0.717, 1.165) is 43.2 Å². The van der Waals surface area contributed by atoms with Gasteiger partial charge in [-0.1, -0.05) is 17.7 Å². The summed E-state index contributed by atoms with van der Waals surface area (Å²) in [5.41, 5.74) is 3.10. The van der Waals surface area contributed by atoms with E-state index in [1.54, 1.807) is 0 Å². The van der Waals surface area contributed by atoms with E-state index in [4.69, 9.17) is 4.74 Å². The zero-order valence-electron chi connectivity index (χ0n) is 12.4. The van der Waals surface area contributed by atoms with Gasteiger partial charge < -0.3 is 9.64 Å². The number of amides is 1. The molecular weight excluding hydrogens is 250 g/mol. The fourth-order valence-electron chi connectivity index (χ4n) is 2.83. The molecule has 1 aliphatic heterocycles. The van der Waals surface area contributed by atoms with Crippen molar-refractivity contribution in [2.45, 2.75) is 39.2 Å². The summed E-state index contributed by atoms with van der Waals surface area (Å²) < 4.78 is 5.90. The molecule has 2 fully saturated rings. The second kappa shape index (κ2) is 5.57. The molecule has 1 aliphatic carbocycles. The molecule has 1 saturated carbocycles. The van der Waals surface area contributed by atoms with Crippen molar-refractivity contribution in [2.24, 2.45) is 5.92 Å². The molecule has 108 valence electrons. The minimum absolute atomic E-state index is 0.153. The van der Waals surface area contributed by atoms with Crippen LogP contribution in [0.25, 0.3) is 0 Å². The Morgan fingerprint density at radius 3 is 2.80 bits per heavy atom. The fraction of sp³-hybridized carbons (Fsp3) is 0.588. The lowest BCUT2D eigenvalue weighted by molar-refractivity contribution is 0.0480. The number of nitrogens with zero attached hydrogens (tertiary/aromatic N) is 1. The molecule has 0 spiro atoms. The lowest BCUT2D eigenvalue weighted by Crippen LogP contribution is -2.30. The summed E-state index contributed by atoms with van der Waals surface area (Å²) in [4.78, 5) is 14.5. The number of hydrogen-bond donors (Lipinski definition) is 0. The number of carbonyl (C=O) groups is 1. The Morgan fingerprint density at radius 2 is 2.10 bits per heavy atom. The lowest BCUT2D eigenvalue weighted by atomic mass is 10.0. The van der Waals surface area contributed by atoms with Crippen molar-refractivity contribution in [1.29, 1.82) is 0 Å². The van der Waals surface area contributed by atoms with Gasteiger partial charge in [-0.25, -0.2) is 0 Å². The summed E-state index contributed by atoms with van der Waals surface area (Å²) in [5, 5.41) is 0. The minimum atomic E-state index is 0.153. The third kappa shape index (κ3) is 3.04. The smallest absolute Gasteiger partial charge is 0.254 e. The predicted octanol–water partition coefficient (Wildman–Crippen LogP) is 2.94. The molecule has 1 atom stereocenters. The zero-order valence-corrected chi connectivity index (χ0v) is 12.4. The van der Waals surface area contributed by atoms with Gasteiger partial charge in [0.15, 0.2) is 0 Å². The number of hydrogen-bond acceptors (Lipinski definition) is 2. The average molecular weight is 273 g/mol. The van der Waals surface area contributed by atoms with E-state index in [1.165, 1.54) is 18.4 Å². The molecule has 1 amide bonds. The van der Waals surface area contributed by atoms with Gasteiger partial charge in [-0.15, -0.1) is 0 Å². The number of rotatable bonds is 4. The molecule has 2 aliphatic rings. The van der Waals surface area contributed by atoms with Gasteiger partial charge in [0.1, 0.15) is 0 Å². The van der Waals surface area contributed by atoms with E-state index < -0.39 is 0 Å². The van der Waals surface area contributed by atoms with Gasteiger partial charge in [0.2, 0.25) is 0 Å². The van der Waals surface area contributed by atoms with Gasteiger partial charge in [-0.05, 0) is 50.7 Å². The maximum atomic E-state index is 12.5. The lowest BCUT2D eigenvalue weighted by Gasteiger charge is -2.18. The van der Waals surface area contributed by atoms with Crippen LogP contribution in [0.3, 0.4) is 0 Å². The molecule has 1 aromatic carbocycles. The van der Waals surface area contributed by atoms with Crippen LogP contribution in [-0.4, -0.2) is 36.6 Å². The Hall–Kier alpha value is -1.35. The first-order valence-electron chi connectivity index (χ1n) is 7.61. The molecule has 3 rings (SSSR count). The molecular formula is C17H23NO2. The Labute approximate surface area is 120 Å². The highest BCUT2D eigenvalue weighted by atomic mass is 16.5. The van der Waals surface area contributed by atoms with Crippen LogP contribution >= 0.6 is 0 Å². The van der Waals surface area contributed by atoms with Crippen LogP contribution in [0.5, 0.6) is 0 Å². The number of benzene rings is 1. The first-order valence-corrected chi connectivity index (χ1v) is 7.61. The normalized spacial score (nSPS) is 22.3. The Balaban J connectivity index is 1.59. The van der Waals surface area contributed by atoms with Crippen LogP contribution < -0.4 is 0 Å². The molecule has 1 aromatic rings. The highest BCUT2D eigenvalue weighted by Gasteiger charge is 2.30. The average Bonchev–Trinajstić information content (AvgIpc) is 3.13. The Morgan fingerprint density at radius 1 is 1.30 bits per heavy atom. The second-order valence-electron chi connectivity index (χ2n) is 6.26. The number of ether oxygens (including phenoxy) is 1. The van der Waals surface area contributed by atoms with Crippen molar-refractivity contribution in [2.75, 3.05) is 19.7 Å². The van der Waals surface area contributed by atoms with Crippen LogP contribution in [0.1, 0.15) is 40.7 Å². The van der Waals surface area contributed by atoms with Gasteiger partial charge >= 0.3 is 0 Å². The van der Waals surface area contributed by atoms with Crippen molar-refractivity contribution in [3.05, 3.63) is 34.9 Å². The summed E-state index contributed by atoms with van der Waals surface area (Å²) in [5.74, 6) is 0.944. The Bertz CT molecular complexity index is 508. The van der Waals surface area contributed by atoms with Crippen molar-refractivity contribution in [3.63, 3.8) is 0 Å². The molecule has 1 heterocycles. The molecule has 3 heteroatoms. The van der Waals surface area contributed by atoms with E-state index in [-0.39, 0.29) is 12.0 Å². The van der Waals surface area contributed by atoms with Crippen LogP contribution in [0.15, 0.2) is 18.2 Å². The van der Waals surface area contributed by atoms with Crippen molar-refractivity contribution < 1.29 is 9.53 Å². The van der Waals surface area contributed by atoms with E-state index in [2.05, 4.69) is 13.0 Å². The van der Waals surface area contributed by atoms with Crippen LogP contribution in [0.4, 0.5) is 0 Å². The van der Waals surface area contributed by atoms with Gasteiger partial charge in [0.05, 0.1) is 6.10 Å². The summed E-state index contributed by atoms with van der Waals surface area (Å²) >= 11 is 0. The summed E-state index contributed by atoms with van der Waals surface area (Å²) in [6.07, 6.45) is 3.85. The monoisotopic (exact) mass is 273 g/mol. The van der Waals surface area contributed by atoms with Crippen LogP contribution in [0.2, 0.25) is 0 Å². The first-order chi connectivity index (χ1) is 9.63. The standard InChI is InChI=1S/C17H23NO2/c1-12-3-6-16(13(2)9-12)17(19)18-8-7-15(10-18)20-11-14-4-5-14/h3,6,9,14-15H,4-5,7-8,10-11H2,1-2H3/t15-/m1/s1. The molecule has 3 nitrogen and oxygen atoms in total. The highest BCUT2D eigenvalue weighted by molar-refractivity contribution is 5.95. The minimum Gasteiger partial charge on any atom is -0.376 e. The molecule has 0 aromatic heterocycles. The molecule has 20 heavy (non-hydrogen) atoms. The largest absolute Gasteiger partial charge is 0.376 e. The van der Waals surface area contributed by atoms with Gasteiger partial charge in [0.25, 0.3) is 5.91 Å². The quantitative estimate of drug-likeness (QED) is 0.844. The number of carbonyl (C=O) groups excluding carboxylic acids is 1. The molecule has 0 bridgehead atoms. The first kappa shape index (κ1) is 13.6. The highest BCUT2D eigenvalue weighted by Crippen LogP contribution is 2.30. The van der Waals surface area contributed by atoms with Crippen molar-refractivity contribution in [1.82, 2.24) is 4.90 Å². The number of aryl methyl sites for hydroxylation is 2. The van der Waals surface area contributed by atoms with Gasteiger partial charge in [-0.3, -0.25) is 4.79 Å². The van der Waals surface area contributed by atoms with Crippen molar-refractivity contribution >= 4 is 5.91 Å². The molecule has 0 N–H and O–H groups in total. The van der Waals surface area contributed by atoms with Gasteiger partial charge in [0, 0.05) is 25.3 Å². The van der Waals surface area contributed by atoms with Gasteiger partial charge in [-0.2, -0.15) is 0 Å². The molecule has 1 saturated heterocycles.